The molecule has 0 radical (unpaired) electrons. The van der Waals surface area contributed by atoms with Crippen LogP contribution in [0.1, 0.15) is 26.3 Å². The van der Waals surface area contributed by atoms with E-state index in [2.05, 4.69) is 61.0 Å². The maximum Gasteiger partial charge on any atom is 0.239 e. The number of rotatable bonds is 7. The fraction of sp³-hybridized carbons (Fsp3) is 0.292. The van der Waals surface area contributed by atoms with E-state index in [9.17, 15) is 9.59 Å². The number of likely N-dealkylation sites (N-methyl/N-ethyl adjacent to an activating group) is 1. The van der Waals surface area contributed by atoms with Crippen LogP contribution in [0.25, 0.3) is 16.9 Å². The number of benzene rings is 2. The molecule has 0 spiro atoms. The second-order valence-corrected chi connectivity index (χ2v) is 8.31. The van der Waals surface area contributed by atoms with Crippen molar-refractivity contribution in [2.75, 3.05) is 25.5 Å². The molecule has 0 aliphatic carbocycles. The van der Waals surface area contributed by atoms with E-state index >= 15 is 0 Å². The lowest BCUT2D eigenvalue weighted by Crippen LogP contribution is -2.36. The third-order valence-corrected chi connectivity index (χ3v) is 4.87. The van der Waals surface area contributed by atoms with Crippen LogP contribution in [0.15, 0.2) is 60.7 Å². The number of aromatic nitrogens is 2. The highest BCUT2D eigenvalue weighted by Gasteiger charge is 2.16. The van der Waals surface area contributed by atoms with Crippen LogP contribution >= 0.6 is 0 Å². The molecule has 0 fully saturated rings. The molecule has 0 atom stereocenters. The number of nitrogens with zero attached hydrogens (tertiary/aromatic N) is 2. The van der Waals surface area contributed by atoms with E-state index in [1.807, 2.05) is 36.4 Å². The van der Waals surface area contributed by atoms with Crippen molar-refractivity contribution < 1.29 is 9.59 Å². The first-order chi connectivity index (χ1) is 14.8. The normalized spacial score (nSPS) is 11.2. The maximum atomic E-state index is 12.4. The Kier molecular flexibility index (Phi) is 6.87. The summed E-state index contributed by atoms with van der Waals surface area (Å²) in [6.07, 6.45) is 0. The molecule has 2 amide bonds. The van der Waals surface area contributed by atoms with Gasteiger partial charge in [-0.3, -0.25) is 14.9 Å². The maximum absolute atomic E-state index is 12.4. The highest BCUT2D eigenvalue weighted by molar-refractivity contribution is 5.92. The van der Waals surface area contributed by atoms with E-state index in [0.717, 1.165) is 16.9 Å². The Morgan fingerprint density at radius 1 is 0.935 bits per heavy atom. The number of hydrogen-bond acceptors (Lipinski definition) is 4. The van der Waals surface area contributed by atoms with Gasteiger partial charge in [-0.25, -0.2) is 4.68 Å². The first-order valence-electron chi connectivity index (χ1n) is 10.3. The van der Waals surface area contributed by atoms with Gasteiger partial charge in [-0.15, -0.1) is 0 Å². The van der Waals surface area contributed by atoms with Crippen LogP contribution in [0.2, 0.25) is 0 Å². The van der Waals surface area contributed by atoms with Gasteiger partial charge in [0, 0.05) is 18.7 Å². The van der Waals surface area contributed by atoms with Gasteiger partial charge in [0.25, 0.3) is 0 Å². The number of nitrogens with one attached hydrogen (secondary N) is 3. The standard InChI is InChI=1S/C24H29N5O2/c1-24(2,3)18-12-10-17(11-13-18)20-14-21(27-23(31)16-26-15-22(30)25-4)29(28-20)19-8-6-5-7-9-19/h5-14,26H,15-16H2,1-4H3,(H,25,30)(H,27,31). The topological polar surface area (TPSA) is 88.1 Å². The number of amides is 2. The average Bonchev–Trinajstić information content (AvgIpc) is 3.17. The molecule has 1 heterocycles. The summed E-state index contributed by atoms with van der Waals surface area (Å²) in [7, 11) is 1.55. The van der Waals surface area contributed by atoms with E-state index in [4.69, 9.17) is 5.10 Å². The Bertz CT molecular complexity index is 1030. The van der Waals surface area contributed by atoms with E-state index in [-0.39, 0.29) is 30.3 Å². The molecule has 3 aromatic rings. The van der Waals surface area contributed by atoms with Gasteiger partial charge in [0.15, 0.2) is 0 Å². The lowest BCUT2D eigenvalue weighted by atomic mass is 9.86. The van der Waals surface area contributed by atoms with Gasteiger partial charge >= 0.3 is 0 Å². The molecule has 3 rings (SSSR count). The molecule has 0 saturated carbocycles. The van der Waals surface area contributed by atoms with Crippen molar-refractivity contribution >= 4 is 17.6 Å². The molecular weight excluding hydrogens is 390 g/mol. The smallest absolute Gasteiger partial charge is 0.239 e. The summed E-state index contributed by atoms with van der Waals surface area (Å²) >= 11 is 0. The SMILES string of the molecule is CNC(=O)CNCC(=O)Nc1cc(-c2ccc(C(C)(C)C)cc2)nn1-c1ccccc1. The van der Waals surface area contributed by atoms with Crippen LogP contribution in [0.5, 0.6) is 0 Å². The minimum atomic E-state index is -0.254. The molecule has 7 nitrogen and oxygen atoms in total. The van der Waals surface area contributed by atoms with Crippen LogP contribution < -0.4 is 16.0 Å². The van der Waals surface area contributed by atoms with Gasteiger partial charge < -0.3 is 10.6 Å². The Hall–Kier alpha value is -3.45. The molecule has 162 valence electrons. The van der Waals surface area contributed by atoms with Crippen LogP contribution in [-0.2, 0) is 15.0 Å². The fourth-order valence-corrected chi connectivity index (χ4v) is 3.08. The molecule has 0 unspecified atom stereocenters. The highest BCUT2D eigenvalue weighted by Crippen LogP contribution is 2.28. The van der Waals surface area contributed by atoms with Crippen molar-refractivity contribution in [1.82, 2.24) is 20.4 Å². The number of anilines is 1. The van der Waals surface area contributed by atoms with Crippen molar-refractivity contribution in [2.45, 2.75) is 26.2 Å². The summed E-state index contributed by atoms with van der Waals surface area (Å²) in [4.78, 5) is 23.7. The molecule has 1 aromatic heterocycles. The quantitative estimate of drug-likeness (QED) is 0.549. The largest absolute Gasteiger partial charge is 0.358 e. The third-order valence-electron chi connectivity index (χ3n) is 4.87. The zero-order chi connectivity index (χ0) is 22.4. The van der Waals surface area contributed by atoms with E-state index < -0.39 is 0 Å². The monoisotopic (exact) mass is 419 g/mol. The molecule has 0 aliphatic rings. The average molecular weight is 420 g/mol. The summed E-state index contributed by atoms with van der Waals surface area (Å²) < 4.78 is 1.71. The summed E-state index contributed by atoms with van der Waals surface area (Å²) in [6.45, 7) is 6.63. The summed E-state index contributed by atoms with van der Waals surface area (Å²) in [5.41, 5.74) is 3.89. The van der Waals surface area contributed by atoms with Crippen molar-refractivity contribution in [3.8, 4) is 16.9 Å². The van der Waals surface area contributed by atoms with E-state index in [0.29, 0.717) is 5.82 Å². The lowest BCUT2D eigenvalue weighted by Gasteiger charge is -2.18. The van der Waals surface area contributed by atoms with Gasteiger partial charge in [0.1, 0.15) is 5.82 Å². The molecule has 7 heteroatoms. The predicted octanol–water partition coefficient (Wildman–Crippen LogP) is 3.11. The van der Waals surface area contributed by atoms with E-state index in [1.54, 1.807) is 11.7 Å². The zero-order valence-electron chi connectivity index (χ0n) is 18.4. The van der Waals surface area contributed by atoms with Gasteiger partial charge in [0.2, 0.25) is 11.8 Å². The molecule has 2 aromatic carbocycles. The van der Waals surface area contributed by atoms with Crippen molar-refractivity contribution in [3.63, 3.8) is 0 Å². The zero-order valence-corrected chi connectivity index (χ0v) is 18.4. The molecule has 3 N–H and O–H groups in total. The van der Waals surface area contributed by atoms with E-state index in [1.165, 1.54) is 5.56 Å². The number of para-hydroxylation sites is 1. The summed E-state index contributed by atoms with van der Waals surface area (Å²) in [6, 6.07) is 19.8. The van der Waals surface area contributed by atoms with Crippen LogP contribution in [-0.4, -0.2) is 41.7 Å². The Morgan fingerprint density at radius 3 is 2.19 bits per heavy atom. The second kappa shape index (κ2) is 9.57. The molecule has 31 heavy (non-hydrogen) atoms. The molecule has 0 bridgehead atoms. The van der Waals surface area contributed by atoms with Gasteiger partial charge in [-0.05, 0) is 23.1 Å². The molecule has 0 saturated heterocycles. The van der Waals surface area contributed by atoms with Crippen LogP contribution in [0, 0.1) is 0 Å². The van der Waals surface area contributed by atoms with Crippen molar-refractivity contribution in [2.24, 2.45) is 0 Å². The first kappa shape index (κ1) is 22.2. The van der Waals surface area contributed by atoms with Crippen LogP contribution in [0.4, 0.5) is 5.82 Å². The minimum Gasteiger partial charge on any atom is -0.358 e. The molecule has 0 aliphatic heterocycles. The lowest BCUT2D eigenvalue weighted by molar-refractivity contribution is -0.120. The summed E-state index contributed by atoms with van der Waals surface area (Å²) in [5.74, 6) is 0.131. The minimum absolute atomic E-state index is 0.0169. The fourth-order valence-electron chi connectivity index (χ4n) is 3.08. The van der Waals surface area contributed by atoms with Crippen molar-refractivity contribution in [1.29, 1.82) is 0 Å². The first-order valence-corrected chi connectivity index (χ1v) is 10.3. The number of carbonyl (C=O) groups is 2. The Balaban J connectivity index is 1.85. The van der Waals surface area contributed by atoms with Crippen LogP contribution in [0.3, 0.4) is 0 Å². The number of hydrogen-bond donors (Lipinski definition) is 3. The number of carbonyl (C=O) groups excluding carboxylic acids is 2. The highest BCUT2D eigenvalue weighted by atomic mass is 16.2. The summed E-state index contributed by atoms with van der Waals surface area (Å²) in [5, 5.41) is 13.0. The Morgan fingerprint density at radius 2 is 1.58 bits per heavy atom. The van der Waals surface area contributed by atoms with Gasteiger partial charge in [-0.1, -0.05) is 63.2 Å². The third kappa shape index (κ3) is 5.79. The van der Waals surface area contributed by atoms with Crippen molar-refractivity contribution in [3.05, 3.63) is 66.2 Å². The predicted molar refractivity (Wildman–Crippen MR) is 123 cm³/mol. The van der Waals surface area contributed by atoms with Gasteiger partial charge in [-0.2, -0.15) is 5.10 Å². The Labute approximate surface area is 182 Å². The molecular formula is C24H29N5O2. The second-order valence-electron chi connectivity index (χ2n) is 8.31. The van der Waals surface area contributed by atoms with Gasteiger partial charge in [0.05, 0.1) is 24.5 Å².